The van der Waals surface area contributed by atoms with Crippen molar-refractivity contribution < 1.29 is 0 Å². The van der Waals surface area contributed by atoms with Crippen LogP contribution in [0.15, 0.2) is 48.7 Å². The molecule has 25 heavy (non-hydrogen) atoms. The van der Waals surface area contributed by atoms with E-state index in [0.29, 0.717) is 39.8 Å². The summed E-state index contributed by atoms with van der Waals surface area (Å²) in [5, 5.41) is 16.1. The molecule has 2 aromatic carbocycles. The zero-order valence-corrected chi connectivity index (χ0v) is 15.3. The van der Waals surface area contributed by atoms with Gasteiger partial charge in [0.1, 0.15) is 0 Å². The molecule has 0 aliphatic rings. The van der Waals surface area contributed by atoms with Crippen LogP contribution in [-0.2, 0) is 6.42 Å². The maximum absolute atomic E-state index is 6.16. The maximum atomic E-state index is 6.16. The number of benzene rings is 2. The third kappa shape index (κ3) is 5.19. The van der Waals surface area contributed by atoms with Gasteiger partial charge in [0, 0.05) is 27.3 Å². The number of rotatable bonds is 6. The minimum Gasteiger partial charge on any atom is -0.353 e. The van der Waals surface area contributed by atoms with Gasteiger partial charge in [0.15, 0.2) is 5.82 Å². The second-order valence-electron chi connectivity index (χ2n) is 5.21. The van der Waals surface area contributed by atoms with Gasteiger partial charge in [0.25, 0.3) is 0 Å². The van der Waals surface area contributed by atoms with Gasteiger partial charge in [-0.3, -0.25) is 0 Å². The molecule has 0 aliphatic heterocycles. The van der Waals surface area contributed by atoms with E-state index in [4.69, 9.17) is 34.8 Å². The zero-order valence-electron chi connectivity index (χ0n) is 13.0. The van der Waals surface area contributed by atoms with E-state index >= 15 is 0 Å². The van der Waals surface area contributed by atoms with Crippen molar-refractivity contribution in [3.8, 4) is 0 Å². The Hall–Kier alpha value is -2.08. The fourth-order valence-electron chi connectivity index (χ4n) is 2.19. The molecule has 0 saturated heterocycles. The molecule has 0 fully saturated rings. The second-order valence-corrected chi connectivity index (χ2v) is 6.49. The highest BCUT2D eigenvalue weighted by Crippen LogP contribution is 2.21. The molecular weight excluding hydrogens is 381 g/mol. The van der Waals surface area contributed by atoms with Gasteiger partial charge in [-0.2, -0.15) is 10.1 Å². The summed E-state index contributed by atoms with van der Waals surface area (Å²) in [6.07, 6.45) is 2.26. The predicted octanol–water partition coefficient (Wildman–Crippen LogP) is 5.23. The van der Waals surface area contributed by atoms with Gasteiger partial charge in [-0.15, -0.1) is 5.10 Å². The van der Waals surface area contributed by atoms with Crippen LogP contribution in [0.2, 0.25) is 15.1 Å². The standard InChI is InChI=1S/C17H14Cl3N5/c18-12-2-1-3-14(8-12)23-16-10-22-25-17(24-16)21-7-6-11-4-5-13(19)9-15(11)20/h1-5,8-10H,6-7H2,(H2,21,23,24,25). The van der Waals surface area contributed by atoms with Crippen LogP contribution in [-0.4, -0.2) is 21.7 Å². The lowest BCUT2D eigenvalue weighted by molar-refractivity contribution is 0.929. The molecular formula is C17H14Cl3N5. The minimum atomic E-state index is 0.428. The van der Waals surface area contributed by atoms with Crippen molar-refractivity contribution in [2.24, 2.45) is 0 Å². The SMILES string of the molecule is Clc1cccc(Nc2cnnc(NCCc3ccc(Cl)cc3Cl)n2)c1. The summed E-state index contributed by atoms with van der Waals surface area (Å²) in [4.78, 5) is 4.37. The van der Waals surface area contributed by atoms with Crippen molar-refractivity contribution in [1.82, 2.24) is 15.2 Å². The second kappa shape index (κ2) is 8.34. The summed E-state index contributed by atoms with van der Waals surface area (Å²) < 4.78 is 0. The van der Waals surface area contributed by atoms with Crippen LogP contribution >= 0.6 is 34.8 Å². The lowest BCUT2D eigenvalue weighted by Gasteiger charge is -2.08. The third-order valence-corrected chi connectivity index (χ3v) is 4.17. The van der Waals surface area contributed by atoms with Crippen LogP contribution in [0.1, 0.15) is 5.56 Å². The molecule has 0 radical (unpaired) electrons. The molecule has 0 bridgehead atoms. The van der Waals surface area contributed by atoms with Crippen LogP contribution in [0.25, 0.3) is 0 Å². The normalized spacial score (nSPS) is 10.5. The molecule has 3 aromatic rings. The van der Waals surface area contributed by atoms with Crippen molar-refractivity contribution in [3.05, 3.63) is 69.3 Å². The summed E-state index contributed by atoms with van der Waals surface area (Å²) in [7, 11) is 0. The van der Waals surface area contributed by atoms with Crippen LogP contribution < -0.4 is 10.6 Å². The lowest BCUT2D eigenvalue weighted by atomic mass is 10.1. The highest BCUT2D eigenvalue weighted by Gasteiger charge is 2.04. The molecule has 1 aromatic heterocycles. The van der Waals surface area contributed by atoms with Gasteiger partial charge in [0.05, 0.1) is 6.20 Å². The Bertz CT molecular complexity index is 872. The quantitative estimate of drug-likeness (QED) is 0.599. The highest BCUT2D eigenvalue weighted by molar-refractivity contribution is 6.35. The molecule has 0 saturated carbocycles. The first kappa shape index (κ1) is 17.7. The Morgan fingerprint density at radius 2 is 1.80 bits per heavy atom. The van der Waals surface area contributed by atoms with E-state index in [2.05, 4.69) is 25.8 Å². The van der Waals surface area contributed by atoms with Crippen molar-refractivity contribution in [2.75, 3.05) is 17.2 Å². The molecule has 2 N–H and O–H groups in total. The first-order chi connectivity index (χ1) is 12.1. The van der Waals surface area contributed by atoms with Gasteiger partial charge in [-0.25, -0.2) is 0 Å². The monoisotopic (exact) mass is 393 g/mol. The molecule has 0 amide bonds. The van der Waals surface area contributed by atoms with Crippen LogP contribution in [0.4, 0.5) is 17.5 Å². The largest absolute Gasteiger partial charge is 0.353 e. The lowest BCUT2D eigenvalue weighted by Crippen LogP contribution is -2.10. The topological polar surface area (TPSA) is 62.7 Å². The van der Waals surface area contributed by atoms with Crippen LogP contribution in [0.5, 0.6) is 0 Å². The number of nitrogens with one attached hydrogen (secondary N) is 2. The molecule has 3 rings (SSSR count). The number of nitrogens with zero attached hydrogens (tertiary/aromatic N) is 3. The van der Waals surface area contributed by atoms with Gasteiger partial charge in [-0.05, 0) is 42.3 Å². The van der Waals surface area contributed by atoms with E-state index in [1.54, 1.807) is 24.4 Å². The summed E-state index contributed by atoms with van der Waals surface area (Å²) in [6, 6.07) is 12.8. The van der Waals surface area contributed by atoms with E-state index in [1.807, 2.05) is 24.3 Å². The Labute approximate surface area is 160 Å². The molecule has 0 unspecified atom stereocenters. The summed E-state index contributed by atoms with van der Waals surface area (Å²) in [5.41, 5.74) is 1.83. The molecule has 8 heteroatoms. The summed E-state index contributed by atoms with van der Waals surface area (Å²) >= 11 is 18.0. The van der Waals surface area contributed by atoms with Crippen molar-refractivity contribution in [1.29, 1.82) is 0 Å². The van der Waals surface area contributed by atoms with Crippen molar-refractivity contribution >= 4 is 52.3 Å². The molecule has 0 aliphatic carbocycles. The van der Waals surface area contributed by atoms with E-state index < -0.39 is 0 Å². The number of anilines is 3. The van der Waals surface area contributed by atoms with Gasteiger partial charge < -0.3 is 10.6 Å². The summed E-state index contributed by atoms with van der Waals surface area (Å²) in [6.45, 7) is 0.615. The van der Waals surface area contributed by atoms with Gasteiger partial charge >= 0.3 is 0 Å². The Morgan fingerprint density at radius 3 is 2.60 bits per heavy atom. The van der Waals surface area contributed by atoms with Crippen LogP contribution in [0.3, 0.4) is 0 Å². The highest BCUT2D eigenvalue weighted by atomic mass is 35.5. The fraction of sp³-hybridized carbons (Fsp3) is 0.118. The van der Waals surface area contributed by atoms with Crippen molar-refractivity contribution in [2.45, 2.75) is 6.42 Å². The van der Waals surface area contributed by atoms with E-state index in [0.717, 1.165) is 11.3 Å². The van der Waals surface area contributed by atoms with Gasteiger partial charge in [-0.1, -0.05) is 46.9 Å². The number of hydrogen-bond donors (Lipinski definition) is 2. The molecule has 0 spiro atoms. The molecule has 5 nitrogen and oxygen atoms in total. The van der Waals surface area contributed by atoms with Crippen molar-refractivity contribution in [3.63, 3.8) is 0 Å². The maximum Gasteiger partial charge on any atom is 0.244 e. The molecule has 1 heterocycles. The summed E-state index contributed by atoms with van der Waals surface area (Å²) in [5.74, 6) is 1.00. The Balaban J connectivity index is 1.60. The number of halogens is 3. The average Bonchev–Trinajstić information content (AvgIpc) is 2.57. The zero-order chi connectivity index (χ0) is 17.6. The van der Waals surface area contributed by atoms with Gasteiger partial charge in [0.2, 0.25) is 5.95 Å². The van der Waals surface area contributed by atoms with Crippen LogP contribution in [0, 0.1) is 0 Å². The van der Waals surface area contributed by atoms with E-state index in [1.165, 1.54) is 0 Å². The average molecular weight is 395 g/mol. The number of aromatic nitrogens is 3. The van der Waals surface area contributed by atoms with E-state index in [9.17, 15) is 0 Å². The predicted molar refractivity (Wildman–Crippen MR) is 103 cm³/mol. The molecule has 0 atom stereocenters. The third-order valence-electron chi connectivity index (χ3n) is 3.35. The number of hydrogen-bond acceptors (Lipinski definition) is 5. The Morgan fingerprint density at radius 1 is 0.960 bits per heavy atom. The molecule has 128 valence electrons. The smallest absolute Gasteiger partial charge is 0.244 e. The minimum absolute atomic E-state index is 0.428. The Kier molecular flexibility index (Phi) is 5.91. The first-order valence-corrected chi connectivity index (χ1v) is 8.64. The first-order valence-electron chi connectivity index (χ1n) is 7.50. The fourth-order valence-corrected chi connectivity index (χ4v) is 2.88. The van der Waals surface area contributed by atoms with E-state index in [-0.39, 0.29) is 0 Å².